The number of rotatable bonds is 8. The van der Waals surface area contributed by atoms with E-state index in [1.165, 1.54) is 0 Å². The van der Waals surface area contributed by atoms with E-state index in [-0.39, 0.29) is 11.8 Å². The molecule has 1 N–H and O–H groups in total. The average Bonchev–Trinajstić information content (AvgIpc) is 3.33. The fourth-order valence-corrected chi connectivity index (χ4v) is 4.19. The summed E-state index contributed by atoms with van der Waals surface area (Å²) in [5.74, 6) is 1.71. The van der Waals surface area contributed by atoms with E-state index in [1.54, 1.807) is 14.2 Å². The van der Waals surface area contributed by atoms with Gasteiger partial charge in [-0.05, 0) is 63.0 Å². The Bertz CT molecular complexity index is 1110. The molecule has 1 unspecified atom stereocenters. The van der Waals surface area contributed by atoms with Gasteiger partial charge in [0.15, 0.2) is 0 Å². The first kappa shape index (κ1) is 22.9. The first-order valence-electron chi connectivity index (χ1n) is 11.3. The molecule has 0 aliphatic carbocycles. The van der Waals surface area contributed by atoms with E-state index < -0.39 is 0 Å². The van der Waals surface area contributed by atoms with Crippen LogP contribution in [0.15, 0.2) is 48.5 Å². The van der Waals surface area contributed by atoms with Crippen LogP contribution in [0.3, 0.4) is 0 Å². The van der Waals surface area contributed by atoms with Crippen molar-refractivity contribution in [1.29, 1.82) is 0 Å². The monoisotopic (exact) mass is 448 g/mol. The van der Waals surface area contributed by atoms with E-state index in [9.17, 15) is 4.79 Å². The maximum Gasteiger partial charge on any atom is 0.224 e. The maximum absolute atomic E-state index is 12.2. The van der Waals surface area contributed by atoms with Crippen LogP contribution in [0.25, 0.3) is 22.2 Å². The van der Waals surface area contributed by atoms with Crippen LogP contribution in [0.2, 0.25) is 0 Å². The van der Waals surface area contributed by atoms with Crippen molar-refractivity contribution in [3.63, 3.8) is 0 Å². The number of methoxy groups -OCH3 is 1. The van der Waals surface area contributed by atoms with Gasteiger partial charge in [-0.2, -0.15) is 0 Å². The molecule has 33 heavy (non-hydrogen) atoms. The number of fused-ring (bicyclic) bond motifs is 1. The van der Waals surface area contributed by atoms with Gasteiger partial charge >= 0.3 is 0 Å². The zero-order valence-electron chi connectivity index (χ0n) is 19.8. The van der Waals surface area contributed by atoms with Gasteiger partial charge < -0.3 is 24.6 Å². The van der Waals surface area contributed by atoms with Gasteiger partial charge in [0.05, 0.1) is 24.2 Å². The van der Waals surface area contributed by atoms with Crippen LogP contribution in [0.5, 0.6) is 11.5 Å². The Kier molecular flexibility index (Phi) is 6.99. The highest BCUT2D eigenvalue weighted by atomic mass is 16.5. The summed E-state index contributed by atoms with van der Waals surface area (Å²) in [6, 6.07) is 16.2. The van der Waals surface area contributed by atoms with E-state index in [0.29, 0.717) is 13.2 Å². The molecule has 3 aromatic rings. The molecule has 1 aliphatic heterocycles. The van der Waals surface area contributed by atoms with E-state index in [4.69, 9.17) is 14.5 Å². The van der Waals surface area contributed by atoms with Crippen LogP contribution in [0.4, 0.5) is 5.69 Å². The Morgan fingerprint density at radius 2 is 1.91 bits per heavy atom. The molecule has 7 heteroatoms. The van der Waals surface area contributed by atoms with Crippen LogP contribution in [0, 0.1) is 5.92 Å². The van der Waals surface area contributed by atoms with Crippen LogP contribution in [0.1, 0.15) is 6.42 Å². The van der Waals surface area contributed by atoms with Crippen LogP contribution in [-0.2, 0) is 4.79 Å². The van der Waals surface area contributed by atoms with Crippen molar-refractivity contribution in [2.45, 2.75) is 6.42 Å². The standard InChI is InChI=1S/C26H32N4O3/c1-27-26(31)19-11-12-30(17-19)25-16-23(28-24-15-21(32-4)9-10-22(24)25)18-5-7-20(8-6-18)33-14-13-29(2)3/h5-10,15-16,19H,11-14,17H2,1-4H3,(H,27,31). The number of anilines is 1. The van der Waals surface area contributed by atoms with Gasteiger partial charge in [0.2, 0.25) is 5.91 Å². The quantitative estimate of drug-likeness (QED) is 0.570. The highest BCUT2D eigenvalue weighted by Crippen LogP contribution is 2.35. The van der Waals surface area contributed by atoms with Gasteiger partial charge in [-0.25, -0.2) is 4.98 Å². The number of benzene rings is 2. The SMILES string of the molecule is CNC(=O)C1CCN(c2cc(-c3ccc(OCCN(C)C)cc3)nc3cc(OC)ccc23)C1. The molecule has 1 fully saturated rings. The minimum absolute atomic E-state index is 0.00138. The largest absolute Gasteiger partial charge is 0.497 e. The second kappa shape index (κ2) is 10.1. The Morgan fingerprint density at radius 1 is 1.15 bits per heavy atom. The van der Waals surface area contributed by atoms with Gasteiger partial charge in [0.1, 0.15) is 18.1 Å². The van der Waals surface area contributed by atoms with E-state index in [2.05, 4.69) is 27.2 Å². The van der Waals surface area contributed by atoms with Crippen molar-refractivity contribution in [3.05, 3.63) is 48.5 Å². The number of ether oxygens (including phenoxy) is 2. The highest BCUT2D eigenvalue weighted by Gasteiger charge is 2.29. The zero-order valence-corrected chi connectivity index (χ0v) is 19.8. The lowest BCUT2D eigenvalue weighted by Crippen LogP contribution is -2.30. The summed E-state index contributed by atoms with van der Waals surface area (Å²) in [5, 5.41) is 3.84. The third-order valence-electron chi connectivity index (χ3n) is 6.10. The molecule has 0 radical (unpaired) electrons. The van der Waals surface area contributed by atoms with Crippen LogP contribution in [-0.4, -0.2) is 70.3 Å². The molecule has 0 bridgehead atoms. The van der Waals surface area contributed by atoms with Gasteiger partial charge in [-0.15, -0.1) is 0 Å². The molecule has 174 valence electrons. The first-order valence-corrected chi connectivity index (χ1v) is 11.3. The Hall–Kier alpha value is -3.32. The first-order chi connectivity index (χ1) is 16.0. The third-order valence-corrected chi connectivity index (χ3v) is 6.10. The summed E-state index contributed by atoms with van der Waals surface area (Å²) < 4.78 is 11.3. The maximum atomic E-state index is 12.2. The molecule has 1 amide bonds. The number of likely N-dealkylation sites (N-methyl/N-ethyl adjacent to an activating group) is 1. The predicted octanol–water partition coefficient (Wildman–Crippen LogP) is 3.42. The third kappa shape index (κ3) is 5.20. The summed E-state index contributed by atoms with van der Waals surface area (Å²) in [7, 11) is 7.42. The average molecular weight is 449 g/mol. The normalized spacial score (nSPS) is 15.8. The number of pyridine rings is 1. The Balaban J connectivity index is 1.66. The second-order valence-corrected chi connectivity index (χ2v) is 8.63. The minimum Gasteiger partial charge on any atom is -0.497 e. The van der Waals surface area contributed by atoms with Crippen LogP contribution < -0.4 is 19.7 Å². The molecule has 1 aliphatic rings. The molecule has 2 heterocycles. The molecule has 4 rings (SSSR count). The van der Waals surface area contributed by atoms with Gasteiger partial charge in [-0.1, -0.05) is 0 Å². The summed E-state index contributed by atoms with van der Waals surface area (Å²) in [4.78, 5) is 21.5. The predicted molar refractivity (Wildman–Crippen MR) is 132 cm³/mol. The lowest BCUT2D eigenvalue weighted by molar-refractivity contribution is -0.123. The molecule has 0 spiro atoms. The molecule has 1 atom stereocenters. The summed E-state index contributed by atoms with van der Waals surface area (Å²) in [6.45, 7) is 3.04. The molecule has 2 aromatic carbocycles. The molecular weight excluding hydrogens is 416 g/mol. The summed E-state index contributed by atoms with van der Waals surface area (Å²) in [6.07, 6.45) is 0.841. The van der Waals surface area contributed by atoms with Gasteiger partial charge in [-0.3, -0.25) is 4.79 Å². The number of carbonyl (C=O) groups is 1. The molecular formula is C26H32N4O3. The number of nitrogens with zero attached hydrogens (tertiary/aromatic N) is 3. The van der Waals surface area contributed by atoms with Gasteiger partial charge in [0, 0.05) is 49.4 Å². The van der Waals surface area contributed by atoms with Crippen molar-refractivity contribution < 1.29 is 14.3 Å². The van der Waals surface area contributed by atoms with Gasteiger partial charge in [0.25, 0.3) is 0 Å². The lowest BCUT2D eigenvalue weighted by Gasteiger charge is -2.22. The number of hydrogen-bond acceptors (Lipinski definition) is 6. The molecule has 7 nitrogen and oxygen atoms in total. The summed E-state index contributed by atoms with van der Waals surface area (Å²) in [5.41, 5.74) is 3.86. The second-order valence-electron chi connectivity index (χ2n) is 8.63. The molecule has 1 aromatic heterocycles. The van der Waals surface area contributed by atoms with Crippen molar-refractivity contribution in [1.82, 2.24) is 15.2 Å². The van der Waals surface area contributed by atoms with Crippen LogP contribution >= 0.6 is 0 Å². The smallest absolute Gasteiger partial charge is 0.224 e. The van der Waals surface area contributed by atoms with Crippen molar-refractivity contribution in [2.24, 2.45) is 5.92 Å². The van der Waals surface area contributed by atoms with E-state index in [0.717, 1.165) is 58.9 Å². The van der Waals surface area contributed by atoms with Crippen molar-refractivity contribution in [3.8, 4) is 22.8 Å². The topological polar surface area (TPSA) is 66.9 Å². The van der Waals surface area contributed by atoms with E-state index >= 15 is 0 Å². The van der Waals surface area contributed by atoms with E-state index in [1.807, 2.05) is 50.5 Å². The zero-order chi connectivity index (χ0) is 23.4. The van der Waals surface area contributed by atoms with Crippen molar-refractivity contribution >= 4 is 22.5 Å². The minimum atomic E-state index is -0.00138. The highest BCUT2D eigenvalue weighted by molar-refractivity contribution is 5.95. The Labute approximate surface area is 195 Å². The fourth-order valence-electron chi connectivity index (χ4n) is 4.19. The number of hydrogen-bond donors (Lipinski definition) is 1. The molecule has 0 saturated carbocycles. The number of carbonyl (C=O) groups excluding carboxylic acids is 1. The lowest BCUT2D eigenvalue weighted by atomic mass is 10.1. The summed E-state index contributed by atoms with van der Waals surface area (Å²) >= 11 is 0. The van der Waals surface area contributed by atoms with Crippen molar-refractivity contribution in [2.75, 3.05) is 59.4 Å². The Morgan fingerprint density at radius 3 is 2.61 bits per heavy atom. The number of amides is 1. The molecule has 1 saturated heterocycles. The fraction of sp³-hybridized carbons (Fsp3) is 0.385. The number of aromatic nitrogens is 1. The number of nitrogens with one attached hydrogen (secondary N) is 1.